The lowest BCUT2D eigenvalue weighted by Gasteiger charge is -2.17. The van der Waals surface area contributed by atoms with Gasteiger partial charge < -0.3 is 10.6 Å². The molecule has 1 heterocycles. The molecule has 0 atom stereocenters. The zero-order valence-corrected chi connectivity index (χ0v) is 12.5. The van der Waals surface area contributed by atoms with Gasteiger partial charge in [0.05, 0.1) is 6.42 Å². The van der Waals surface area contributed by atoms with Gasteiger partial charge in [-0.2, -0.15) is 0 Å². The van der Waals surface area contributed by atoms with Crippen LogP contribution < -0.4 is 10.6 Å². The Hall–Kier alpha value is -2.62. The van der Waals surface area contributed by atoms with Crippen LogP contribution in [0, 0.1) is 6.92 Å². The molecule has 0 spiro atoms. The number of fused-ring (bicyclic) bond motifs is 1. The van der Waals surface area contributed by atoms with E-state index in [2.05, 4.69) is 10.6 Å². The predicted octanol–water partition coefficient (Wildman–Crippen LogP) is 3.06. The number of carbonyl (C=O) groups is 2. The Kier molecular flexibility index (Phi) is 3.92. The molecule has 0 aromatic heterocycles. The number of hydrogen-bond donors (Lipinski definition) is 2. The second kappa shape index (κ2) is 6.02. The van der Waals surface area contributed by atoms with Gasteiger partial charge in [0.25, 0.3) is 0 Å². The van der Waals surface area contributed by atoms with Crippen LogP contribution in [-0.2, 0) is 22.4 Å². The van der Waals surface area contributed by atoms with Gasteiger partial charge in [0, 0.05) is 17.8 Å². The SMILES string of the molecule is Cc1ccccc1CC(=O)Nc1ccc2c(c1)CCC(=O)N2. The molecule has 112 valence electrons. The third kappa shape index (κ3) is 3.17. The zero-order chi connectivity index (χ0) is 15.5. The number of carbonyl (C=O) groups excluding carboxylic acids is 2. The summed E-state index contributed by atoms with van der Waals surface area (Å²) in [7, 11) is 0. The van der Waals surface area contributed by atoms with E-state index in [9.17, 15) is 9.59 Å². The lowest BCUT2D eigenvalue weighted by molar-refractivity contribution is -0.117. The van der Waals surface area contributed by atoms with Gasteiger partial charge in [-0.3, -0.25) is 9.59 Å². The van der Waals surface area contributed by atoms with Gasteiger partial charge in [-0.05, 0) is 48.2 Å². The first kappa shape index (κ1) is 14.3. The van der Waals surface area contributed by atoms with Crippen LogP contribution in [0.4, 0.5) is 11.4 Å². The Balaban J connectivity index is 1.70. The Labute approximate surface area is 129 Å². The van der Waals surface area contributed by atoms with Crippen molar-refractivity contribution in [2.75, 3.05) is 10.6 Å². The Morgan fingerprint density at radius 1 is 1.18 bits per heavy atom. The number of amides is 2. The molecule has 22 heavy (non-hydrogen) atoms. The number of nitrogens with one attached hydrogen (secondary N) is 2. The summed E-state index contributed by atoms with van der Waals surface area (Å²) in [6, 6.07) is 13.5. The summed E-state index contributed by atoms with van der Waals surface area (Å²) in [6.07, 6.45) is 1.57. The minimum Gasteiger partial charge on any atom is -0.326 e. The summed E-state index contributed by atoms with van der Waals surface area (Å²) >= 11 is 0. The molecule has 2 amide bonds. The van der Waals surface area contributed by atoms with E-state index in [0.717, 1.165) is 28.1 Å². The minimum absolute atomic E-state index is 0.0332. The largest absolute Gasteiger partial charge is 0.326 e. The molecule has 4 heteroatoms. The van der Waals surface area contributed by atoms with E-state index in [4.69, 9.17) is 0 Å². The van der Waals surface area contributed by atoms with E-state index in [1.54, 1.807) is 0 Å². The first-order valence-electron chi connectivity index (χ1n) is 7.39. The van der Waals surface area contributed by atoms with Crippen molar-refractivity contribution >= 4 is 23.2 Å². The van der Waals surface area contributed by atoms with Crippen molar-refractivity contribution in [3.63, 3.8) is 0 Å². The van der Waals surface area contributed by atoms with Crippen molar-refractivity contribution < 1.29 is 9.59 Å². The van der Waals surface area contributed by atoms with Crippen molar-refractivity contribution in [2.24, 2.45) is 0 Å². The Morgan fingerprint density at radius 2 is 2.00 bits per heavy atom. The Morgan fingerprint density at radius 3 is 2.82 bits per heavy atom. The highest BCUT2D eigenvalue weighted by Gasteiger charge is 2.15. The number of aryl methyl sites for hydroxylation is 2. The van der Waals surface area contributed by atoms with Crippen LogP contribution in [0.25, 0.3) is 0 Å². The van der Waals surface area contributed by atoms with Gasteiger partial charge >= 0.3 is 0 Å². The highest BCUT2D eigenvalue weighted by atomic mass is 16.2. The van der Waals surface area contributed by atoms with Gasteiger partial charge in [-0.25, -0.2) is 0 Å². The molecule has 2 N–H and O–H groups in total. The van der Waals surface area contributed by atoms with Crippen LogP contribution in [0.2, 0.25) is 0 Å². The molecule has 3 rings (SSSR count). The normalized spacial score (nSPS) is 13.2. The summed E-state index contributed by atoms with van der Waals surface area (Å²) < 4.78 is 0. The topological polar surface area (TPSA) is 58.2 Å². The molecule has 0 saturated heterocycles. The van der Waals surface area contributed by atoms with Crippen molar-refractivity contribution in [3.8, 4) is 0 Å². The molecule has 2 aromatic rings. The molecule has 0 radical (unpaired) electrons. The zero-order valence-electron chi connectivity index (χ0n) is 12.5. The third-order valence-electron chi connectivity index (χ3n) is 3.90. The van der Waals surface area contributed by atoms with Crippen molar-refractivity contribution in [1.29, 1.82) is 0 Å². The van der Waals surface area contributed by atoms with Gasteiger partial charge in [0.2, 0.25) is 11.8 Å². The molecule has 0 aliphatic carbocycles. The average Bonchev–Trinajstić information content (AvgIpc) is 2.50. The highest BCUT2D eigenvalue weighted by Crippen LogP contribution is 2.25. The Bertz CT molecular complexity index is 738. The quantitative estimate of drug-likeness (QED) is 0.914. The van der Waals surface area contributed by atoms with Crippen LogP contribution >= 0.6 is 0 Å². The first-order valence-corrected chi connectivity index (χ1v) is 7.39. The number of hydrogen-bond acceptors (Lipinski definition) is 2. The highest BCUT2D eigenvalue weighted by molar-refractivity contribution is 5.96. The summed E-state index contributed by atoms with van der Waals surface area (Å²) in [5.74, 6) is 0.0120. The van der Waals surface area contributed by atoms with E-state index in [0.29, 0.717) is 19.3 Å². The fourth-order valence-corrected chi connectivity index (χ4v) is 2.65. The maximum atomic E-state index is 12.2. The van der Waals surface area contributed by atoms with Crippen molar-refractivity contribution in [3.05, 3.63) is 59.2 Å². The fourth-order valence-electron chi connectivity index (χ4n) is 2.65. The van der Waals surface area contributed by atoms with E-state index in [1.165, 1.54) is 0 Å². The van der Waals surface area contributed by atoms with E-state index < -0.39 is 0 Å². The summed E-state index contributed by atoms with van der Waals surface area (Å²) in [5.41, 5.74) is 4.82. The summed E-state index contributed by atoms with van der Waals surface area (Å²) in [5, 5.41) is 5.76. The lowest BCUT2D eigenvalue weighted by atomic mass is 10.0. The molecule has 0 bridgehead atoms. The third-order valence-corrected chi connectivity index (χ3v) is 3.90. The molecular formula is C18H18N2O2. The second-order valence-corrected chi connectivity index (χ2v) is 5.57. The number of rotatable bonds is 3. The van der Waals surface area contributed by atoms with Crippen LogP contribution in [0.15, 0.2) is 42.5 Å². The number of benzene rings is 2. The fraction of sp³-hybridized carbons (Fsp3) is 0.222. The van der Waals surface area contributed by atoms with Crippen molar-refractivity contribution in [1.82, 2.24) is 0 Å². The lowest BCUT2D eigenvalue weighted by Crippen LogP contribution is -2.20. The van der Waals surface area contributed by atoms with E-state index >= 15 is 0 Å². The molecule has 1 aliphatic heterocycles. The maximum Gasteiger partial charge on any atom is 0.228 e. The van der Waals surface area contributed by atoms with Gasteiger partial charge in [0.1, 0.15) is 0 Å². The summed E-state index contributed by atoms with van der Waals surface area (Å²) in [4.78, 5) is 23.5. The second-order valence-electron chi connectivity index (χ2n) is 5.57. The molecule has 1 aliphatic rings. The van der Waals surface area contributed by atoms with Crippen LogP contribution in [0.5, 0.6) is 0 Å². The average molecular weight is 294 g/mol. The monoisotopic (exact) mass is 294 g/mol. The van der Waals surface area contributed by atoms with Crippen LogP contribution in [0.3, 0.4) is 0 Å². The molecule has 0 fully saturated rings. The van der Waals surface area contributed by atoms with Crippen molar-refractivity contribution in [2.45, 2.75) is 26.2 Å². The molecule has 4 nitrogen and oxygen atoms in total. The van der Waals surface area contributed by atoms with Gasteiger partial charge in [0.15, 0.2) is 0 Å². The smallest absolute Gasteiger partial charge is 0.228 e. The number of anilines is 2. The molecule has 2 aromatic carbocycles. The van der Waals surface area contributed by atoms with E-state index in [-0.39, 0.29) is 11.8 Å². The maximum absolute atomic E-state index is 12.2. The van der Waals surface area contributed by atoms with Gasteiger partial charge in [-0.15, -0.1) is 0 Å². The molecule has 0 saturated carbocycles. The minimum atomic E-state index is -0.0332. The molecule has 0 unspecified atom stereocenters. The van der Waals surface area contributed by atoms with Crippen LogP contribution in [-0.4, -0.2) is 11.8 Å². The van der Waals surface area contributed by atoms with Gasteiger partial charge in [-0.1, -0.05) is 24.3 Å². The van der Waals surface area contributed by atoms with E-state index in [1.807, 2.05) is 49.4 Å². The first-order chi connectivity index (χ1) is 10.6. The molecular weight excluding hydrogens is 276 g/mol. The van der Waals surface area contributed by atoms with Crippen LogP contribution in [0.1, 0.15) is 23.1 Å². The standard InChI is InChI=1S/C18H18N2O2/c1-12-4-2-3-5-13(12)11-18(22)19-15-7-8-16-14(10-15)6-9-17(21)20-16/h2-5,7-8,10H,6,9,11H2,1H3,(H,19,22)(H,20,21). The summed E-state index contributed by atoms with van der Waals surface area (Å²) in [6.45, 7) is 2.00. The predicted molar refractivity (Wildman–Crippen MR) is 86.9 cm³/mol.